The number of hydrogen-bond donors (Lipinski definition) is 1. The molecular weight excluding hydrogens is 242 g/mol. The van der Waals surface area contributed by atoms with Gasteiger partial charge in [0, 0.05) is 19.6 Å². The van der Waals surface area contributed by atoms with E-state index < -0.39 is 0 Å². The molecule has 5 nitrogen and oxygen atoms in total. The molecule has 1 N–H and O–H groups in total. The van der Waals surface area contributed by atoms with Crippen LogP contribution >= 0.6 is 0 Å². The molecule has 1 heterocycles. The van der Waals surface area contributed by atoms with Crippen molar-refractivity contribution in [2.75, 3.05) is 13.7 Å². The Balaban J connectivity index is 1.93. The van der Waals surface area contributed by atoms with Gasteiger partial charge in [-0.05, 0) is 38.1 Å². The van der Waals surface area contributed by atoms with E-state index in [1.165, 1.54) is 12.8 Å². The highest BCUT2D eigenvalue weighted by Gasteiger charge is 2.32. The Kier molecular flexibility index (Phi) is 5.34. The topological polar surface area (TPSA) is 60.2 Å². The Bertz CT molecular complexity index is 373. The summed E-state index contributed by atoms with van der Waals surface area (Å²) in [7, 11) is 1.68. The van der Waals surface area contributed by atoms with Crippen LogP contribution < -0.4 is 5.32 Å². The van der Waals surface area contributed by atoms with Crippen molar-refractivity contribution in [3.63, 3.8) is 0 Å². The maximum Gasteiger partial charge on any atom is 0.228 e. The summed E-state index contributed by atoms with van der Waals surface area (Å²) in [4.78, 5) is 4.47. The van der Waals surface area contributed by atoms with Crippen molar-refractivity contribution in [3.8, 4) is 0 Å². The SMILES string of the molecule is CCCNC(Cc1nc(C(CC)OC)no1)C1CC1. The number of nitrogens with zero attached hydrogens (tertiary/aromatic N) is 2. The molecule has 5 heteroatoms. The summed E-state index contributed by atoms with van der Waals surface area (Å²) < 4.78 is 10.7. The van der Waals surface area contributed by atoms with E-state index in [1.807, 2.05) is 0 Å². The summed E-state index contributed by atoms with van der Waals surface area (Å²) >= 11 is 0. The molecular formula is C14H25N3O2. The third-order valence-electron chi connectivity index (χ3n) is 3.67. The predicted octanol–water partition coefficient (Wildman–Crippen LogP) is 2.49. The maximum atomic E-state index is 5.36. The molecule has 0 bridgehead atoms. The number of ether oxygens (including phenoxy) is 1. The average Bonchev–Trinajstić information content (AvgIpc) is 3.17. The molecule has 0 amide bonds. The van der Waals surface area contributed by atoms with Crippen LogP contribution in [0.4, 0.5) is 0 Å². The molecule has 19 heavy (non-hydrogen) atoms. The van der Waals surface area contributed by atoms with E-state index in [4.69, 9.17) is 9.26 Å². The van der Waals surface area contributed by atoms with Crippen molar-refractivity contribution >= 4 is 0 Å². The van der Waals surface area contributed by atoms with Crippen molar-refractivity contribution in [1.82, 2.24) is 15.5 Å². The highest BCUT2D eigenvalue weighted by atomic mass is 16.5. The Hall–Kier alpha value is -0.940. The summed E-state index contributed by atoms with van der Waals surface area (Å²) in [5.41, 5.74) is 0. The zero-order valence-corrected chi connectivity index (χ0v) is 12.2. The first-order valence-corrected chi connectivity index (χ1v) is 7.37. The van der Waals surface area contributed by atoms with Crippen LogP contribution in [0.1, 0.15) is 57.3 Å². The number of aromatic nitrogens is 2. The van der Waals surface area contributed by atoms with Gasteiger partial charge < -0.3 is 14.6 Å². The minimum absolute atomic E-state index is 0.0551. The van der Waals surface area contributed by atoms with Gasteiger partial charge in [-0.3, -0.25) is 0 Å². The number of methoxy groups -OCH3 is 1. The Morgan fingerprint density at radius 1 is 1.42 bits per heavy atom. The van der Waals surface area contributed by atoms with Crippen LogP contribution in [0.2, 0.25) is 0 Å². The van der Waals surface area contributed by atoms with Crippen LogP contribution in [0.3, 0.4) is 0 Å². The third-order valence-corrected chi connectivity index (χ3v) is 3.67. The Morgan fingerprint density at radius 2 is 2.21 bits per heavy atom. The van der Waals surface area contributed by atoms with Gasteiger partial charge in [0.15, 0.2) is 0 Å². The van der Waals surface area contributed by atoms with Gasteiger partial charge in [0.05, 0.1) is 0 Å². The lowest BCUT2D eigenvalue weighted by molar-refractivity contribution is 0.0903. The van der Waals surface area contributed by atoms with E-state index in [-0.39, 0.29) is 6.10 Å². The fraction of sp³-hybridized carbons (Fsp3) is 0.857. The van der Waals surface area contributed by atoms with Crippen molar-refractivity contribution in [1.29, 1.82) is 0 Å². The van der Waals surface area contributed by atoms with Crippen LogP contribution in [-0.2, 0) is 11.2 Å². The smallest absolute Gasteiger partial charge is 0.228 e. The molecule has 1 fully saturated rings. The molecule has 0 saturated heterocycles. The van der Waals surface area contributed by atoms with E-state index in [2.05, 4.69) is 29.3 Å². The molecule has 2 rings (SSSR count). The van der Waals surface area contributed by atoms with Crippen LogP contribution in [0, 0.1) is 5.92 Å². The molecule has 0 aliphatic heterocycles. The van der Waals surface area contributed by atoms with Crippen molar-refractivity contribution in [2.45, 2.75) is 58.1 Å². The van der Waals surface area contributed by atoms with Crippen LogP contribution in [-0.4, -0.2) is 29.8 Å². The molecule has 108 valence electrons. The maximum absolute atomic E-state index is 5.36. The molecule has 1 aromatic rings. The Morgan fingerprint density at radius 3 is 2.79 bits per heavy atom. The first-order valence-electron chi connectivity index (χ1n) is 7.37. The van der Waals surface area contributed by atoms with E-state index in [0.717, 1.165) is 37.6 Å². The van der Waals surface area contributed by atoms with Crippen molar-refractivity contribution < 1.29 is 9.26 Å². The monoisotopic (exact) mass is 267 g/mol. The molecule has 0 spiro atoms. The van der Waals surface area contributed by atoms with Gasteiger partial charge in [-0.15, -0.1) is 0 Å². The third kappa shape index (κ3) is 4.01. The lowest BCUT2D eigenvalue weighted by Gasteiger charge is -2.15. The van der Waals surface area contributed by atoms with Gasteiger partial charge in [0.2, 0.25) is 11.7 Å². The van der Waals surface area contributed by atoms with Crippen LogP contribution in [0.15, 0.2) is 4.52 Å². The highest BCUT2D eigenvalue weighted by molar-refractivity contribution is 4.96. The molecule has 0 radical (unpaired) electrons. The van der Waals surface area contributed by atoms with Crippen LogP contribution in [0.5, 0.6) is 0 Å². The largest absolute Gasteiger partial charge is 0.373 e. The molecule has 2 atom stereocenters. The highest BCUT2D eigenvalue weighted by Crippen LogP contribution is 2.34. The quantitative estimate of drug-likeness (QED) is 0.745. The summed E-state index contributed by atoms with van der Waals surface area (Å²) in [6.45, 7) is 5.30. The number of rotatable bonds is 9. The van der Waals surface area contributed by atoms with Gasteiger partial charge in [-0.2, -0.15) is 4.98 Å². The second kappa shape index (κ2) is 7.01. The average molecular weight is 267 g/mol. The Labute approximate surface area is 115 Å². The van der Waals surface area contributed by atoms with Crippen molar-refractivity contribution in [2.24, 2.45) is 5.92 Å². The minimum Gasteiger partial charge on any atom is -0.373 e. The number of nitrogens with one attached hydrogen (secondary N) is 1. The number of hydrogen-bond acceptors (Lipinski definition) is 5. The zero-order chi connectivity index (χ0) is 13.7. The second-order valence-electron chi connectivity index (χ2n) is 5.28. The van der Waals surface area contributed by atoms with Crippen LogP contribution in [0.25, 0.3) is 0 Å². The molecule has 1 aliphatic carbocycles. The molecule has 1 aliphatic rings. The van der Waals surface area contributed by atoms with E-state index >= 15 is 0 Å². The van der Waals surface area contributed by atoms with Gasteiger partial charge in [-0.25, -0.2) is 0 Å². The standard InChI is InChI=1S/C14H25N3O2/c1-4-8-15-11(10-6-7-10)9-13-16-14(17-19-13)12(5-2)18-3/h10-12,15H,4-9H2,1-3H3. The molecule has 1 saturated carbocycles. The first kappa shape index (κ1) is 14.5. The minimum atomic E-state index is -0.0551. The zero-order valence-electron chi connectivity index (χ0n) is 12.2. The fourth-order valence-electron chi connectivity index (χ4n) is 2.36. The van der Waals surface area contributed by atoms with Crippen molar-refractivity contribution in [3.05, 3.63) is 11.7 Å². The lowest BCUT2D eigenvalue weighted by atomic mass is 10.1. The van der Waals surface area contributed by atoms with Gasteiger partial charge in [0.25, 0.3) is 0 Å². The summed E-state index contributed by atoms with van der Waals surface area (Å²) in [5.74, 6) is 2.18. The molecule has 2 unspecified atom stereocenters. The first-order chi connectivity index (χ1) is 9.28. The van der Waals surface area contributed by atoms with Gasteiger partial charge in [-0.1, -0.05) is 19.0 Å². The van der Waals surface area contributed by atoms with E-state index in [1.54, 1.807) is 7.11 Å². The normalized spacial score (nSPS) is 18.5. The summed E-state index contributed by atoms with van der Waals surface area (Å²) in [6, 6.07) is 0.482. The molecule has 0 aromatic carbocycles. The van der Waals surface area contributed by atoms with E-state index in [0.29, 0.717) is 11.9 Å². The van der Waals surface area contributed by atoms with Gasteiger partial charge >= 0.3 is 0 Å². The fourth-order valence-corrected chi connectivity index (χ4v) is 2.36. The van der Waals surface area contributed by atoms with Gasteiger partial charge in [0.1, 0.15) is 6.10 Å². The predicted molar refractivity (Wildman–Crippen MR) is 72.8 cm³/mol. The summed E-state index contributed by atoms with van der Waals surface area (Å²) in [6.07, 6.45) is 5.42. The molecule has 1 aromatic heterocycles. The lowest BCUT2D eigenvalue weighted by Crippen LogP contribution is -2.33. The summed E-state index contributed by atoms with van der Waals surface area (Å²) in [5, 5.41) is 7.62. The van der Waals surface area contributed by atoms with E-state index in [9.17, 15) is 0 Å². The second-order valence-corrected chi connectivity index (χ2v) is 5.28.